The quantitative estimate of drug-likeness (QED) is 0.761. The molecule has 7 heteroatoms. The molecular weight excluding hydrogens is 287 g/mol. The van der Waals surface area contributed by atoms with Crippen molar-refractivity contribution in [1.82, 2.24) is 10.2 Å². The Morgan fingerprint density at radius 2 is 2.16 bits per heavy atom. The second-order valence-corrected chi connectivity index (χ2v) is 4.74. The van der Waals surface area contributed by atoms with Crippen LogP contribution in [0.4, 0.5) is 11.5 Å². The Bertz CT molecular complexity index is 624. The number of nitrogens with one attached hydrogen (secondary N) is 2. The van der Waals surface area contributed by atoms with Crippen LogP contribution in [-0.4, -0.2) is 16.1 Å². The van der Waals surface area contributed by atoms with Gasteiger partial charge in [-0.2, -0.15) is 5.10 Å². The first-order chi connectivity index (χ1) is 9.01. The van der Waals surface area contributed by atoms with Crippen LogP contribution in [0.25, 0.3) is 0 Å². The number of benzene rings is 1. The molecule has 19 heavy (non-hydrogen) atoms. The number of carbonyl (C=O) groups excluding carboxylic acids is 1. The number of aromatic amines is 1. The largest absolute Gasteiger partial charge is 0.399 e. The summed E-state index contributed by atoms with van der Waals surface area (Å²) in [4.78, 5) is 12.1. The van der Waals surface area contributed by atoms with Crippen LogP contribution in [0, 0.1) is 0 Å². The van der Waals surface area contributed by atoms with Crippen LogP contribution >= 0.6 is 23.2 Å². The molecule has 5 nitrogen and oxygen atoms in total. The third-order valence-corrected chi connectivity index (χ3v) is 3.35. The molecule has 0 unspecified atom stereocenters. The van der Waals surface area contributed by atoms with Gasteiger partial charge in [-0.05, 0) is 18.6 Å². The van der Waals surface area contributed by atoms with Crippen molar-refractivity contribution in [3.05, 3.63) is 39.5 Å². The standard InChI is InChI=1S/C12H12Cl2N4O/c1-2-7-5-10(18-17-7)16-12(19)8-3-6(15)4-9(13)11(8)14/h3-5H,2,15H2,1H3,(H2,16,17,18,19). The molecule has 0 aliphatic carbocycles. The van der Waals surface area contributed by atoms with Crippen molar-refractivity contribution in [1.29, 1.82) is 0 Å². The average Bonchev–Trinajstić information content (AvgIpc) is 2.81. The van der Waals surface area contributed by atoms with Gasteiger partial charge in [0.25, 0.3) is 5.91 Å². The predicted molar refractivity (Wildman–Crippen MR) is 76.8 cm³/mol. The molecule has 1 heterocycles. The normalized spacial score (nSPS) is 10.5. The molecule has 0 saturated heterocycles. The van der Waals surface area contributed by atoms with E-state index in [0.29, 0.717) is 11.5 Å². The molecule has 0 spiro atoms. The van der Waals surface area contributed by atoms with Crippen molar-refractivity contribution in [2.45, 2.75) is 13.3 Å². The topological polar surface area (TPSA) is 83.8 Å². The first kappa shape index (κ1) is 13.7. The monoisotopic (exact) mass is 298 g/mol. The minimum Gasteiger partial charge on any atom is -0.399 e. The molecule has 1 amide bonds. The SMILES string of the molecule is CCc1cc(NC(=O)c2cc(N)cc(Cl)c2Cl)n[nH]1. The summed E-state index contributed by atoms with van der Waals surface area (Å²) in [5, 5.41) is 9.80. The molecule has 0 radical (unpaired) electrons. The molecular formula is C12H12Cl2N4O. The summed E-state index contributed by atoms with van der Waals surface area (Å²) in [5.41, 5.74) is 7.15. The fourth-order valence-corrected chi connectivity index (χ4v) is 1.99. The number of aromatic nitrogens is 2. The van der Waals surface area contributed by atoms with Crippen molar-refractivity contribution in [2.75, 3.05) is 11.1 Å². The van der Waals surface area contributed by atoms with Gasteiger partial charge in [0.15, 0.2) is 5.82 Å². The highest BCUT2D eigenvalue weighted by Gasteiger charge is 2.15. The number of hydrogen-bond donors (Lipinski definition) is 3. The molecule has 0 aliphatic heterocycles. The number of nitrogen functional groups attached to an aromatic ring is 1. The third kappa shape index (κ3) is 3.00. The number of H-pyrrole nitrogens is 1. The van der Waals surface area contributed by atoms with Gasteiger partial charge in [0.05, 0.1) is 15.6 Å². The molecule has 0 fully saturated rings. The van der Waals surface area contributed by atoms with E-state index in [0.717, 1.165) is 12.1 Å². The third-order valence-electron chi connectivity index (χ3n) is 2.55. The molecule has 0 atom stereocenters. The summed E-state index contributed by atoms with van der Waals surface area (Å²) in [6, 6.07) is 4.71. The number of halogens is 2. The predicted octanol–water partition coefficient (Wildman–Crippen LogP) is 3.11. The van der Waals surface area contributed by atoms with Gasteiger partial charge in [-0.3, -0.25) is 9.89 Å². The number of rotatable bonds is 3. The molecule has 1 aromatic carbocycles. The Labute approximate surface area is 120 Å². The number of hydrogen-bond acceptors (Lipinski definition) is 3. The average molecular weight is 299 g/mol. The molecule has 4 N–H and O–H groups in total. The summed E-state index contributed by atoms with van der Waals surface area (Å²) < 4.78 is 0. The van der Waals surface area contributed by atoms with Crippen molar-refractivity contribution < 1.29 is 4.79 Å². The number of amides is 1. The minimum atomic E-state index is -0.409. The van der Waals surface area contributed by atoms with Gasteiger partial charge in [0, 0.05) is 17.4 Å². The Kier molecular flexibility index (Phi) is 3.97. The summed E-state index contributed by atoms with van der Waals surface area (Å²) in [7, 11) is 0. The number of nitrogens with zero attached hydrogens (tertiary/aromatic N) is 1. The van der Waals surface area contributed by atoms with Crippen molar-refractivity contribution in [2.24, 2.45) is 0 Å². The van der Waals surface area contributed by atoms with Gasteiger partial charge < -0.3 is 11.1 Å². The minimum absolute atomic E-state index is 0.166. The van der Waals surface area contributed by atoms with Crippen LogP contribution in [0.3, 0.4) is 0 Å². The second-order valence-electron chi connectivity index (χ2n) is 3.95. The van der Waals surface area contributed by atoms with Crippen LogP contribution in [0.15, 0.2) is 18.2 Å². The van der Waals surface area contributed by atoms with Gasteiger partial charge in [-0.15, -0.1) is 0 Å². The van der Waals surface area contributed by atoms with Crippen molar-refractivity contribution in [3.8, 4) is 0 Å². The van der Waals surface area contributed by atoms with Crippen LogP contribution in [0.1, 0.15) is 23.0 Å². The van der Waals surface area contributed by atoms with E-state index in [9.17, 15) is 4.79 Å². The Hall–Kier alpha value is -1.72. The summed E-state index contributed by atoms with van der Waals surface area (Å²) in [6.45, 7) is 1.98. The Morgan fingerprint density at radius 3 is 2.79 bits per heavy atom. The number of anilines is 2. The molecule has 0 bridgehead atoms. The highest BCUT2D eigenvalue weighted by atomic mass is 35.5. The van der Waals surface area contributed by atoms with Crippen LogP contribution < -0.4 is 11.1 Å². The highest BCUT2D eigenvalue weighted by molar-refractivity contribution is 6.44. The molecule has 2 aromatic rings. The molecule has 100 valence electrons. The zero-order chi connectivity index (χ0) is 14.0. The van der Waals surface area contributed by atoms with Gasteiger partial charge in [0.2, 0.25) is 0 Å². The summed E-state index contributed by atoms with van der Waals surface area (Å²) in [5.74, 6) is 0.0183. The van der Waals surface area contributed by atoms with E-state index < -0.39 is 5.91 Å². The lowest BCUT2D eigenvalue weighted by molar-refractivity contribution is 0.102. The highest BCUT2D eigenvalue weighted by Crippen LogP contribution is 2.29. The maximum absolute atomic E-state index is 12.1. The summed E-state index contributed by atoms with van der Waals surface area (Å²) >= 11 is 11.9. The van der Waals surface area contributed by atoms with E-state index >= 15 is 0 Å². The molecule has 0 saturated carbocycles. The molecule has 1 aromatic heterocycles. The molecule has 2 rings (SSSR count). The lowest BCUT2D eigenvalue weighted by Crippen LogP contribution is -2.13. The van der Waals surface area contributed by atoms with E-state index in [1.807, 2.05) is 6.92 Å². The van der Waals surface area contributed by atoms with Gasteiger partial charge >= 0.3 is 0 Å². The first-order valence-corrected chi connectivity index (χ1v) is 6.37. The fraction of sp³-hybridized carbons (Fsp3) is 0.167. The Balaban J connectivity index is 2.25. The van der Waals surface area contributed by atoms with Crippen LogP contribution in [0.2, 0.25) is 10.0 Å². The summed E-state index contributed by atoms with van der Waals surface area (Å²) in [6.07, 6.45) is 0.799. The lowest BCUT2D eigenvalue weighted by Gasteiger charge is -2.07. The smallest absolute Gasteiger partial charge is 0.258 e. The van der Waals surface area contributed by atoms with E-state index in [1.54, 1.807) is 6.07 Å². The zero-order valence-corrected chi connectivity index (χ0v) is 11.6. The Morgan fingerprint density at radius 1 is 1.42 bits per heavy atom. The second kappa shape index (κ2) is 5.50. The van der Waals surface area contributed by atoms with Gasteiger partial charge in [0.1, 0.15) is 0 Å². The fourth-order valence-electron chi connectivity index (χ4n) is 1.57. The van der Waals surface area contributed by atoms with Crippen molar-refractivity contribution >= 4 is 40.6 Å². The number of carbonyl (C=O) groups is 1. The molecule has 0 aliphatic rings. The van der Waals surface area contributed by atoms with Gasteiger partial charge in [-0.1, -0.05) is 30.1 Å². The van der Waals surface area contributed by atoms with Crippen LogP contribution in [-0.2, 0) is 6.42 Å². The van der Waals surface area contributed by atoms with E-state index in [-0.39, 0.29) is 15.6 Å². The van der Waals surface area contributed by atoms with Crippen LogP contribution in [0.5, 0.6) is 0 Å². The zero-order valence-electron chi connectivity index (χ0n) is 10.1. The van der Waals surface area contributed by atoms with E-state index in [1.165, 1.54) is 12.1 Å². The number of aryl methyl sites for hydroxylation is 1. The number of nitrogens with two attached hydrogens (primary N) is 1. The lowest BCUT2D eigenvalue weighted by atomic mass is 10.2. The van der Waals surface area contributed by atoms with E-state index in [4.69, 9.17) is 28.9 Å². The van der Waals surface area contributed by atoms with E-state index in [2.05, 4.69) is 15.5 Å². The first-order valence-electron chi connectivity index (χ1n) is 5.61. The maximum atomic E-state index is 12.1. The van der Waals surface area contributed by atoms with Gasteiger partial charge in [-0.25, -0.2) is 0 Å². The maximum Gasteiger partial charge on any atom is 0.258 e. The van der Waals surface area contributed by atoms with Crippen molar-refractivity contribution in [3.63, 3.8) is 0 Å².